The number of rotatable bonds is 4. The van der Waals surface area contributed by atoms with Gasteiger partial charge in [0.25, 0.3) is 5.91 Å². The third-order valence-corrected chi connectivity index (χ3v) is 4.93. The van der Waals surface area contributed by atoms with Gasteiger partial charge in [-0.3, -0.25) is 14.3 Å². The highest BCUT2D eigenvalue weighted by Crippen LogP contribution is 2.18. The number of methoxy groups -OCH3 is 1. The summed E-state index contributed by atoms with van der Waals surface area (Å²) >= 11 is 0. The highest BCUT2D eigenvalue weighted by Gasteiger charge is 2.33. The third kappa shape index (κ3) is 3.72. The first-order valence-electron chi connectivity index (χ1n) is 8.08. The maximum atomic E-state index is 12.5. The van der Waals surface area contributed by atoms with Gasteiger partial charge in [0.05, 0.1) is 43.2 Å². The lowest BCUT2D eigenvalue weighted by Crippen LogP contribution is -3.17. The summed E-state index contributed by atoms with van der Waals surface area (Å²) < 4.78 is 6.57. The first-order valence-corrected chi connectivity index (χ1v) is 8.08. The third-order valence-electron chi connectivity index (χ3n) is 4.93. The molecule has 0 unspecified atom stereocenters. The zero-order valence-electron chi connectivity index (χ0n) is 14.6. The molecule has 2 heterocycles. The van der Waals surface area contributed by atoms with Crippen molar-refractivity contribution in [1.29, 1.82) is 0 Å². The van der Waals surface area contributed by atoms with E-state index in [1.54, 1.807) is 4.68 Å². The van der Waals surface area contributed by atoms with E-state index < -0.39 is 0 Å². The van der Waals surface area contributed by atoms with Gasteiger partial charge in [-0.15, -0.1) is 0 Å². The number of nitrogens with zero attached hydrogens (tertiary/aromatic N) is 2. The van der Waals surface area contributed by atoms with Gasteiger partial charge in [-0.1, -0.05) is 0 Å². The Morgan fingerprint density at radius 2 is 1.96 bits per heavy atom. The molecule has 2 N–H and O–H groups in total. The molecule has 0 radical (unpaired) electrons. The molecule has 1 amide bonds. The average molecular weight is 323 g/mol. The van der Waals surface area contributed by atoms with E-state index in [0.717, 1.165) is 43.0 Å². The maximum absolute atomic E-state index is 12.5. The number of amides is 1. The van der Waals surface area contributed by atoms with Gasteiger partial charge in [0.1, 0.15) is 0 Å². The lowest BCUT2D eigenvalue weighted by Gasteiger charge is -2.31. The van der Waals surface area contributed by atoms with Gasteiger partial charge in [0, 0.05) is 19.9 Å². The highest BCUT2D eigenvalue weighted by molar-refractivity contribution is 5.94. The van der Waals surface area contributed by atoms with Gasteiger partial charge >= 0.3 is 5.97 Å². The lowest BCUT2D eigenvalue weighted by atomic mass is 9.96. The molecule has 1 aliphatic heterocycles. The molecule has 1 saturated heterocycles. The summed E-state index contributed by atoms with van der Waals surface area (Å²) in [5.41, 5.74) is 2.57. The number of quaternary nitrogens is 1. The first-order chi connectivity index (χ1) is 10.8. The highest BCUT2D eigenvalue weighted by atomic mass is 16.5. The molecule has 1 fully saturated rings. The number of aryl methyl sites for hydroxylation is 2. The van der Waals surface area contributed by atoms with Crippen LogP contribution in [0, 0.1) is 19.8 Å². The number of nitrogens with one attached hydrogen (secondary N) is 2. The number of carbonyl (C=O) groups is 2. The molecule has 0 aromatic carbocycles. The lowest BCUT2D eigenvalue weighted by molar-refractivity contribution is -0.919. The van der Waals surface area contributed by atoms with E-state index in [1.807, 2.05) is 27.8 Å². The topological polar surface area (TPSA) is 77.7 Å². The fourth-order valence-corrected chi connectivity index (χ4v) is 3.20. The fourth-order valence-electron chi connectivity index (χ4n) is 3.20. The number of piperidine rings is 1. The van der Waals surface area contributed by atoms with Crippen LogP contribution in [0.5, 0.6) is 0 Å². The second-order valence-electron chi connectivity index (χ2n) is 6.34. The molecule has 7 heteroatoms. The molecule has 1 aromatic rings. The van der Waals surface area contributed by atoms with Gasteiger partial charge < -0.3 is 15.0 Å². The van der Waals surface area contributed by atoms with Crippen LogP contribution in [-0.2, 0) is 21.4 Å². The number of hydrogen-bond acceptors (Lipinski definition) is 4. The first kappa shape index (κ1) is 17.5. The second kappa shape index (κ2) is 7.12. The summed E-state index contributed by atoms with van der Waals surface area (Å²) in [5.74, 6) is -0.166. The summed E-state index contributed by atoms with van der Waals surface area (Å²) in [5, 5.41) is 7.32. The van der Waals surface area contributed by atoms with Crippen LogP contribution in [0.1, 0.15) is 31.2 Å². The van der Waals surface area contributed by atoms with Gasteiger partial charge in [-0.25, -0.2) is 0 Å². The number of carbonyl (C=O) groups excluding carboxylic acids is 2. The molecule has 128 valence electrons. The van der Waals surface area contributed by atoms with Gasteiger partial charge in [0.2, 0.25) is 0 Å². The Bertz CT molecular complexity index is 588. The van der Waals surface area contributed by atoms with Crippen LogP contribution in [0.2, 0.25) is 0 Å². The van der Waals surface area contributed by atoms with Crippen molar-refractivity contribution in [1.82, 2.24) is 9.78 Å². The van der Waals surface area contributed by atoms with Gasteiger partial charge in [-0.05, 0) is 20.8 Å². The second-order valence-corrected chi connectivity index (χ2v) is 6.34. The molecule has 7 nitrogen and oxygen atoms in total. The molecule has 1 aromatic heterocycles. The molecule has 1 aliphatic rings. The summed E-state index contributed by atoms with van der Waals surface area (Å²) in [4.78, 5) is 25.3. The minimum atomic E-state index is -0.160. The predicted octanol–water partition coefficient (Wildman–Crippen LogP) is -0.168. The van der Waals surface area contributed by atoms with Crippen LogP contribution >= 0.6 is 0 Å². The summed E-state index contributed by atoms with van der Waals surface area (Å²) in [6, 6.07) is -0.160. The predicted molar refractivity (Wildman–Crippen MR) is 86.2 cm³/mol. The molecular formula is C16H27N4O3+. The molecule has 0 spiro atoms. The molecule has 23 heavy (non-hydrogen) atoms. The minimum absolute atomic E-state index is 0.00396. The van der Waals surface area contributed by atoms with Crippen molar-refractivity contribution in [3.05, 3.63) is 11.4 Å². The Morgan fingerprint density at radius 3 is 2.43 bits per heavy atom. The number of aromatic nitrogens is 2. The van der Waals surface area contributed by atoms with Crippen molar-refractivity contribution in [3.8, 4) is 0 Å². The Kier molecular flexibility index (Phi) is 5.41. The van der Waals surface area contributed by atoms with E-state index in [9.17, 15) is 9.59 Å². The van der Waals surface area contributed by atoms with E-state index in [0.29, 0.717) is 0 Å². The van der Waals surface area contributed by atoms with E-state index in [-0.39, 0.29) is 23.8 Å². The average Bonchev–Trinajstić information content (AvgIpc) is 2.79. The standard InChI is InChI=1S/C16H26N4O3/c1-10-14(11(2)19(4)18-10)17-15(21)12(3)20-8-6-13(7-9-20)16(22)23-5/h12-13H,6-9H2,1-5H3,(H,17,21)/p+1/t12-/m1/s1. The molecular weight excluding hydrogens is 296 g/mol. The van der Waals surface area contributed by atoms with Crippen LogP contribution in [-0.4, -0.2) is 47.9 Å². The molecule has 1 atom stereocenters. The fraction of sp³-hybridized carbons (Fsp3) is 0.688. The van der Waals surface area contributed by atoms with Crippen molar-refractivity contribution >= 4 is 17.6 Å². The Labute approximate surface area is 137 Å². The molecule has 2 rings (SSSR count). The van der Waals surface area contributed by atoms with Crippen molar-refractivity contribution in [3.63, 3.8) is 0 Å². The Morgan fingerprint density at radius 1 is 1.35 bits per heavy atom. The number of hydrogen-bond donors (Lipinski definition) is 2. The van der Waals surface area contributed by atoms with E-state index in [4.69, 9.17) is 4.74 Å². The monoisotopic (exact) mass is 323 g/mol. The van der Waals surface area contributed by atoms with Crippen LogP contribution in [0.25, 0.3) is 0 Å². The molecule has 0 bridgehead atoms. The Hall–Kier alpha value is -1.89. The molecule has 0 saturated carbocycles. The molecule has 0 aliphatic carbocycles. The zero-order chi connectivity index (χ0) is 17.1. The van der Waals surface area contributed by atoms with Crippen LogP contribution in [0.15, 0.2) is 0 Å². The largest absolute Gasteiger partial charge is 0.469 e. The van der Waals surface area contributed by atoms with Crippen LogP contribution in [0.3, 0.4) is 0 Å². The van der Waals surface area contributed by atoms with Crippen molar-refractivity contribution in [2.75, 3.05) is 25.5 Å². The summed E-state index contributed by atoms with van der Waals surface area (Å²) in [6.07, 6.45) is 1.54. The van der Waals surface area contributed by atoms with E-state index in [1.165, 1.54) is 12.0 Å². The van der Waals surface area contributed by atoms with Crippen molar-refractivity contribution in [2.24, 2.45) is 13.0 Å². The van der Waals surface area contributed by atoms with Crippen LogP contribution in [0.4, 0.5) is 5.69 Å². The summed E-state index contributed by atoms with van der Waals surface area (Å²) in [7, 11) is 3.29. The van der Waals surface area contributed by atoms with Crippen molar-refractivity contribution < 1.29 is 19.2 Å². The Balaban J connectivity index is 1.94. The van der Waals surface area contributed by atoms with Crippen molar-refractivity contribution in [2.45, 2.75) is 39.7 Å². The number of anilines is 1. The summed E-state index contributed by atoms with van der Waals surface area (Å²) in [6.45, 7) is 7.37. The van der Waals surface area contributed by atoms with Gasteiger partial charge in [0.15, 0.2) is 6.04 Å². The normalized spacial score (nSPS) is 22.5. The number of likely N-dealkylation sites (tertiary alicyclic amines) is 1. The number of ether oxygens (including phenoxy) is 1. The van der Waals surface area contributed by atoms with Gasteiger partial charge in [-0.2, -0.15) is 5.10 Å². The minimum Gasteiger partial charge on any atom is -0.469 e. The smallest absolute Gasteiger partial charge is 0.309 e. The quantitative estimate of drug-likeness (QED) is 0.755. The number of esters is 1. The van der Waals surface area contributed by atoms with E-state index in [2.05, 4.69) is 10.4 Å². The maximum Gasteiger partial charge on any atom is 0.309 e. The van der Waals surface area contributed by atoms with Crippen LogP contribution < -0.4 is 10.2 Å². The SMILES string of the molecule is COC(=O)C1CC[NH+]([C@H](C)C(=O)Nc2c(C)nn(C)c2C)CC1. The zero-order valence-corrected chi connectivity index (χ0v) is 14.6. The van der Waals surface area contributed by atoms with E-state index >= 15 is 0 Å².